The molecule has 0 spiro atoms. The number of hydrogen-bond donors (Lipinski definition) is 1. The summed E-state index contributed by atoms with van der Waals surface area (Å²) in [6.45, 7) is 2.54. The minimum absolute atomic E-state index is 0.0458. The van der Waals surface area contributed by atoms with Crippen molar-refractivity contribution in [1.29, 1.82) is 0 Å². The second kappa shape index (κ2) is 8.11. The molecule has 3 heterocycles. The van der Waals surface area contributed by atoms with E-state index in [0.29, 0.717) is 52.8 Å². The molecule has 2 aliphatic rings. The van der Waals surface area contributed by atoms with Gasteiger partial charge in [-0.3, -0.25) is 14.9 Å². The van der Waals surface area contributed by atoms with Gasteiger partial charge in [-0.05, 0) is 18.2 Å². The topological polar surface area (TPSA) is 103 Å². The monoisotopic (exact) mass is 408 g/mol. The molecule has 0 radical (unpaired) electrons. The lowest BCUT2D eigenvalue weighted by Gasteiger charge is -2.26. The van der Waals surface area contributed by atoms with E-state index in [1.165, 1.54) is 23.1 Å². The molecule has 1 fully saturated rings. The van der Waals surface area contributed by atoms with Gasteiger partial charge < -0.3 is 19.1 Å². The molecule has 1 aromatic heterocycles. The van der Waals surface area contributed by atoms with E-state index in [2.05, 4.69) is 15.5 Å². The maximum atomic E-state index is 12.3. The van der Waals surface area contributed by atoms with Gasteiger partial charge in [0, 0.05) is 18.7 Å². The molecule has 0 saturated carbocycles. The van der Waals surface area contributed by atoms with Crippen LogP contribution in [0, 0.1) is 0 Å². The van der Waals surface area contributed by atoms with Crippen LogP contribution in [-0.2, 0) is 9.53 Å². The van der Waals surface area contributed by atoms with E-state index in [1.54, 1.807) is 23.1 Å². The van der Waals surface area contributed by atoms with E-state index >= 15 is 0 Å². The fraction of sp³-hybridized carbons (Fsp3) is 0.375. The van der Waals surface area contributed by atoms with Crippen molar-refractivity contribution in [2.24, 2.45) is 0 Å². The highest BCUT2D eigenvalue weighted by Gasteiger charge is 2.19. The van der Waals surface area contributed by atoms with Crippen LogP contribution in [0.2, 0.25) is 0 Å². The summed E-state index contributed by atoms with van der Waals surface area (Å²) >= 11 is 2.53. The molecule has 9 nitrogen and oxygen atoms in total. The average molecular weight is 408 g/mol. The first-order valence-electron chi connectivity index (χ1n) is 8.22. The van der Waals surface area contributed by atoms with Crippen molar-refractivity contribution >= 4 is 40.0 Å². The SMILES string of the molecule is O=C(Nc1nnc(SCC(=O)N2CCOCC2)s1)c1ccc2c(c1)OCO2. The summed E-state index contributed by atoms with van der Waals surface area (Å²) in [5.74, 6) is 1.17. The van der Waals surface area contributed by atoms with Crippen molar-refractivity contribution in [3.8, 4) is 11.5 Å². The largest absolute Gasteiger partial charge is 0.454 e. The number of rotatable bonds is 5. The van der Waals surface area contributed by atoms with Gasteiger partial charge in [-0.2, -0.15) is 0 Å². The Morgan fingerprint density at radius 3 is 2.85 bits per heavy atom. The lowest BCUT2D eigenvalue weighted by molar-refractivity contribution is -0.132. The van der Waals surface area contributed by atoms with Gasteiger partial charge in [0.25, 0.3) is 5.91 Å². The van der Waals surface area contributed by atoms with Gasteiger partial charge in [0.15, 0.2) is 15.8 Å². The van der Waals surface area contributed by atoms with Crippen molar-refractivity contribution in [3.05, 3.63) is 23.8 Å². The van der Waals surface area contributed by atoms with Gasteiger partial charge in [-0.25, -0.2) is 0 Å². The predicted octanol–water partition coefficient (Wildman–Crippen LogP) is 1.47. The first kappa shape index (κ1) is 18.0. The molecule has 0 atom stereocenters. The van der Waals surface area contributed by atoms with Crippen LogP contribution in [0.15, 0.2) is 22.5 Å². The Labute approximate surface area is 163 Å². The van der Waals surface area contributed by atoms with Gasteiger partial charge in [0.1, 0.15) is 0 Å². The minimum atomic E-state index is -0.314. The number of amides is 2. The number of anilines is 1. The molecule has 2 aromatic rings. The number of benzene rings is 1. The highest BCUT2D eigenvalue weighted by Crippen LogP contribution is 2.33. The van der Waals surface area contributed by atoms with E-state index in [-0.39, 0.29) is 24.4 Å². The summed E-state index contributed by atoms with van der Waals surface area (Å²) in [7, 11) is 0. The molecular formula is C16H16N4O5S2. The lowest BCUT2D eigenvalue weighted by Crippen LogP contribution is -2.41. The van der Waals surface area contributed by atoms with Crippen LogP contribution in [0.5, 0.6) is 11.5 Å². The Morgan fingerprint density at radius 2 is 2.00 bits per heavy atom. The normalized spacial score (nSPS) is 15.6. The van der Waals surface area contributed by atoms with E-state index in [4.69, 9.17) is 14.2 Å². The predicted molar refractivity (Wildman–Crippen MR) is 98.6 cm³/mol. The summed E-state index contributed by atoms with van der Waals surface area (Å²) in [6.07, 6.45) is 0. The third-order valence-corrected chi connectivity index (χ3v) is 5.90. The van der Waals surface area contributed by atoms with E-state index in [1.807, 2.05) is 0 Å². The summed E-state index contributed by atoms with van der Waals surface area (Å²) < 4.78 is 16.4. The molecule has 1 saturated heterocycles. The smallest absolute Gasteiger partial charge is 0.257 e. The molecular weight excluding hydrogens is 392 g/mol. The van der Waals surface area contributed by atoms with E-state index < -0.39 is 0 Å². The van der Waals surface area contributed by atoms with Crippen molar-refractivity contribution in [3.63, 3.8) is 0 Å². The van der Waals surface area contributed by atoms with Crippen molar-refractivity contribution in [1.82, 2.24) is 15.1 Å². The Balaban J connectivity index is 1.31. The van der Waals surface area contributed by atoms with E-state index in [9.17, 15) is 9.59 Å². The second-order valence-electron chi connectivity index (χ2n) is 5.68. The third kappa shape index (κ3) is 4.31. The molecule has 2 aliphatic heterocycles. The first-order valence-corrected chi connectivity index (χ1v) is 10.0. The molecule has 4 rings (SSSR count). The number of carbonyl (C=O) groups is 2. The fourth-order valence-corrected chi connectivity index (χ4v) is 4.20. The standard InChI is InChI=1S/C16H16N4O5S2/c21-13(20-3-5-23-6-4-20)8-26-16-19-18-15(27-16)17-14(22)10-1-2-11-12(7-10)25-9-24-11/h1-2,7H,3-6,8-9H2,(H,17,18,22). The first-order chi connectivity index (χ1) is 13.2. The molecule has 11 heteroatoms. The quantitative estimate of drug-likeness (QED) is 0.586. The van der Waals surface area contributed by atoms with Gasteiger partial charge in [-0.15, -0.1) is 10.2 Å². The van der Waals surface area contributed by atoms with Crippen LogP contribution in [0.3, 0.4) is 0 Å². The van der Waals surface area contributed by atoms with Crippen LogP contribution in [0.25, 0.3) is 0 Å². The number of fused-ring (bicyclic) bond motifs is 1. The fourth-order valence-electron chi connectivity index (χ4n) is 2.55. The highest BCUT2D eigenvalue weighted by molar-refractivity contribution is 8.01. The zero-order chi connectivity index (χ0) is 18.6. The number of morpholine rings is 1. The van der Waals surface area contributed by atoms with Crippen LogP contribution in [0.1, 0.15) is 10.4 Å². The Hall–Kier alpha value is -2.37. The van der Waals surface area contributed by atoms with Crippen molar-refractivity contribution in [2.75, 3.05) is 44.2 Å². The second-order valence-corrected chi connectivity index (χ2v) is 7.88. The molecule has 27 heavy (non-hydrogen) atoms. The zero-order valence-electron chi connectivity index (χ0n) is 14.2. The number of aromatic nitrogens is 2. The van der Waals surface area contributed by atoms with Crippen molar-refractivity contribution in [2.45, 2.75) is 4.34 Å². The van der Waals surface area contributed by atoms with Crippen LogP contribution in [0.4, 0.5) is 5.13 Å². The van der Waals surface area contributed by atoms with Gasteiger partial charge in [0.05, 0.1) is 19.0 Å². The molecule has 1 N–H and O–H groups in total. The molecule has 1 aromatic carbocycles. The van der Waals surface area contributed by atoms with Crippen LogP contribution >= 0.6 is 23.1 Å². The highest BCUT2D eigenvalue weighted by atomic mass is 32.2. The maximum Gasteiger partial charge on any atom is 0.257 e. The Morgan fingerprint density at radius 1 is 1.19 bits per heavy atom. The van der Waals surface area contributed by atoms with Crippen molar-refractivity contribution < 1.29 is 23.8 Å². The molecule has 142 valence electrons. The van der Waals surface area contributed by atoms with Crippen LogP contribution in [-0.4, -0.2) is 65.8 Å². The number of nitrogens with one attached hydrogen (secondary N) is 1. The molecule has 0 aliphatic carbocycles. The average Bonchev–Trinajstić information content (AvgIpc) is 3.35. The van der Waals surface area contributed by atoms with Gasteiger partial charge in [0.2, 0.25) is 17.8 Å². The summed E-state index contributed by atoms with van der Waals surface area (Å²) in [4.78, 5) is 26.3. The maximum absolute atomic E-state index is 12.3. The molecule has 0 unspecified atom stereocenters. The number of carbonyl (C=O) groups excluding carboxylic acids is 2. The Bertz CT molecular complexity index is 853. The van der Waals surface area contributed by atoms with E-state index in [0.717, 1.165) is 0 Å². The Kier molecular flexibility index (Phi) is 5.41. The van der Waals surface area contributed by atoms with Gasteiger partial charge in [-0.1, -0.05) is 23.1 Å². The van der Waals surface area contributed by atoms with Gasteiger partial charge >= 0.3 is 0 Å². The number of nitrogens with zero attached hydrogens (tertiary/aromatic N) is 3. The summed E-state index contributed by atoms with van der Waals surface area (Å²) in [6, 6.07) is 4.96. The zero-order valence-corrected chi connectivity index (χ0v) is 15.8. The minimum Gasteiger partial charge on any atom is -0.454 e. The third-order valence-electron chi connectivity index (χ3n) is 3.94. The summed E-state index contributed by atoms with van der Waals surface area (Å²) in [5.41, 5.74) is 0.436. The number of hydrogen-bond acceptors (Lipinski definition) is 9. The molecule has 2 amide bonds. The summed E-state index contributed by atoms with van der Waals surface area (Å²) in [5, 5.41) is 11.1. The number of thioether (sulfide) groups is 1. The van der Waals surface area contributed by atoms with Crippen LogP contribution < -0.4 is 14.8 Å². The molecule has 0 bridgehead atoms. The lowest BCUT2D eigenvalue weighted by atomic mass is 10.2. The number of ether oxygens (including phenoxy) is 3.